The van der Waals surface area contributed by atoms with Gasteiger partial charge >= 0.3 is 7.54 Å². The van der Waals surface area contributed by atoms with Crippen LogP contribution in [-0.4, -0.2) is 7.54 Å². The van der Waals surface area contributed by atoms with Gasteiger partial charge in [0.2, 0.25) is 0 Å². The molecule has 4 heteroatoms. The van der Waals surface area contributed by atoms with Crippen LogP contribution < -0.4 is 0 Å². The molecule has 0 heterocycles. The molecule has 0 unspecified atom stereocenters. The van der Waals surface area contributed by atoms with Gasteiger partial charge in [-0.3, -0.25) is 12.9 Å². The van der Waals surface area contributed by atoms with Crippen molar-refractivity contribution in [3.05, 3.63) is 60.7 Å². The Labute approximate surface area is 93.0 Å². The van der Waals surface area contributed by atoms with Crippen LogP contribution in [0.5, 0.6) is 0 Å². The lowest BCUT2D eigenvalue weighted by Crippen LogP contribution is -1.76. The summed E-state index contributed by atoms with van der Waals surface area (Å²) < 4.78 is 29.0. The Balaban J connectivity index is 0.000000280. The van der Waals surface area contributed by atoms with E-state index in [9.17, 15) is 12.9 Å². The molecule has 0 radical (unpaired) electrons. The number of hydrogen-bond acceptors (Lipinski definition) is 0. The van der Waals surface area contributed by atoms with Crippen LogP contribution in [0.2, 0.25) is 0 Å². The van der Waals surface area contributed by atoms with E-state index in [2.05, 4.69) is 48.5 Å². The standard InChI is InChI=1S/C12H10.BF3/c1-3-7-11(8-4-1)12-9-5-2-6-10-12;2-1(3)4/h1-10H;. The Kier molecular flexibility index (Phi) is 5.19. The lowest BCUT2D eigenvalue weighted by Gasteiger charge is -1.98. The van der Waals surface area contributed by atoms with Crippen molar-refractivity contribution < 1.29 is 12.9 Å². The number of hydrogen-bond donors (Lipinski definition) is 0. The second-order valence-corrected chi connectivity index (χ2v) is 2.98. The van der Waals surface area contributed by atoms with Crippen molar-refractivity contribution in [2.75, 3.05) is 0 Å². The molecule has 0 amide bonds. The topological polar surface area (TPSA) is 0 Å². The van der Waals surface area contributed by atoms with E-state index in [1.165, 1.54) is 11.1 Å². The molecule has 2 aromatic carbocycles. The van der Waals surface area contributed by atoms with Gasteiger partial charge in [0.1, 0.15) is 0 Å². The smallest absolute Gasteiger partial charge is 0.254 e. The Morgan fingerprint density at radius 2 is 0.812 bits per heavy atom. The molecule has 16 heavy (non-hydrogen) atoms. The van der Waals surface area contributed by atoms with Crippen molar-refractivity contribution in [2.45, 2.75) is 0 Å². The molecule has 0 saturated carbocycles. The maximum atomic E-state index is 9.67. The second-order valence-electron chi connectivity index (χ2n) is 2.98. The minimum Gasteiger partial charge on any atom is -0.254 e. The highest BCUT2D eigenvalue weighted by molar-refractivity contribution is 6.33. The summed E-state index contributed by atoms with van der Waals surface area (Å²) in [7, 11) is -3.67. The zero-order valence-corrected chi connectivity index (χ0v) is 8.48. The molecule has 0 atom stereocenters. The van der Waals surface area contributed by atoms with E-state index in [1.807, 2.05) is 12.1 Å². The largest absolute Gasteiger partial charge is 0.762 e. The molecule has 0 saturated heterocycles. The Morgan fingerprint density at radius 3 is 1.06 bits per heavy atom. The van der Waals surface area contributed by atoms with Crippen LogP contribution in [0.1, 0.15) is 0 Å². The zero-order valence-electron chi connectivity index (χ0n) is 8.48. The maximum absolute atomic E-state index is 9.67. The van der Waals surface area contributed by atoms with Crippen LogP contribution >= 0.6 is 0 Å². The minimum absolute atomic E-state index is 1.28. The van der Waals surface area contributed by atoms with Gasteiger partial charge < -0.3 is 0 Å². The van der Waals surface area contributed by atoms with Gasteiger partial charge in [0.05, 0.1) is 0 Å². The molecule has 0 fully saturated rings. The average molecular weight is 222 g/mol. The fourth-order valence-corrected chi connectivity index (χ4v) is 1.26. The van der Waals surface area contributed by atoms with Crippen molar-refractivity contribution in [3.63, 3.8) is 0 Å². The lowest BCUT2D eigenvalue weighted by atomic mass is 10.1. The Morgan fingerprint density at radius 1 is 0.562 bits per heavy atom. The van der Waals surface area contributed by atoms with Gasteiger partial charge in [0, 0.05) is 0 Å². The molecule has 0 bridgehead atoms. The van der Waals surface area contributed by atoms with E-state index in [0.717, 1.165) is 0 Å². The summed E-state index contributed by atoms with van der Waals surface area (Å²) in [6, 6.07) is 20.8. The first-order valence-corrected chi connectivity index (χ1v) is 4.73. The average Bonchev–Trinajstić information content (AvgIpc) is 2.31. The molecule has 0 aliphatic heterocycles. The summed E-state index contributed by atoms with van der Waals surface area (Å²) >= 11 is 0. The molecule has 0 N–H and O–H groups in total. The molecule has 0 nitrogen and oxygen atoms in total. The van der Waals surface area contributed by atoms with Crippen LogP contribution in [0.15, 0.2) is 60.7 Å². The molecule has 0 spiro atoms. The fraction of sp³-hybridized carbons (Fsp3) is 0. The Bertz CT molecular complexity index is 349. The van der Waals surface area contributed by atoms with E-state index >= 15 is 0 Å². The van der Waals surface area contributed by atoms with E-state index in [1.54, 1.807) is 0 Å². The first kappa shape index (κ1) is 12.4. The molecule has 2 rings (SSSR count). The lowest BCUT2D eigenvalue weighted by molar-refractivity contribution is 0.535. The molecule has 82 valence electrons. The van der Waals surface area contributed by atoms with Crippen molar-refractivity contribution in [1.82, 2.24) is 0 Å². The van der Waals surface area contributed by atoms with Gasteiger partial charge in [-0.2, -0.15) is 0 Å². The van der Waals surface area contributed by atoms with Gasteiger partial charge in [0.25, 0.3) is 0 Å². The zero-order chi connectivity index (χ0) is 11.8. The maximum Gasteiger partial charge on any atom is 0.762 e. The minimum atomic E-state index is -3.67. The van der Waals surface area contributed by atoms with Crippen molar-refractivity contribution >= 4 is 7.54 Å². The second kappa shape index (κ2) is 6.72. The predicted octanol–water partition coefficient (Wildman–Crippen LogP) is 4.23. The van der Waals surface area contributed by atoms with Gasteiger partial charge in [-0.1, -0.05) is 60.7 Å². The highest BCUT2D eigenvalue weighted by Crippen LogP contribution is 2.17. The molecular formula is C12H10BF3. The molecule has 2 aromatic rings. The van der Waals surface area contributed by atoms with Gasteiger partial charge in [-0.15, -0.1) is 0 Å². The third-order valence-electron chi connectivity index (χ3n) is 1.88. The van der Waals surface area contributed by atoms with Gasteiger partial charge in [0.15, 0.2) is 0 Å². The molecule has 0 aromatic heterocycles. The molecule has 0 aliphatic carbocycles. The normalized spacial score (nSPS) is 8.94. The highest BCUT2D eigenvalue weighted by atomic mass is 19.4. The fourth-order valence-electron chi connectivity index (χ4n) is 1.26. The molecule has 0 aliphatic rings. The summed E-state index contributed by atoms with van der Waals surface area (Å²) in [5, 5.41) is 0. The monoisotopic (exact) mass is 222 g/mol. The third kappa shape index (κ3) is 4.69. The summed E-state index contributed by atoms with van der Waals surface area (Å²) in [6.07, 6.45) is 0. The molecular weight excluding hydrogens is 212 g/mol. The van der Waals surface area contributed by atoms with Crippen molar-refractivity contribution in [2.24, 2.45) is 0 Å². The first-order valence-electron chi connectivity index (χ1n) is 4.73. The summed E-state index contributed by atoms with van der Waals surface area (Å²) in [6.45, 7) is 0. The number of halogens is 3. The number of benzene rings is 2. The van der Waals surface area contributed by atoms with Gasteiger partial charge in [-0.25, -0.2) is 0 Å². The van der Waals surface area contributed by atoms with E-state index in [-0.39, 0.29) is 0 Å². The van der Waals surface area contributed by atoms with Crippen molar-refractivity contribution in [3.8, 4) is 11.1 Å². The SMILES string of the molecule is FB(F)F.c1ccc(-c2ccccc2)cc1. The van der Waals surface area contributed by atoms with E-state index in [0.29, 0.717) is 0 Å². The van der Waals surface area contributed by atoms with E-state index < -0.39 is 7.54 Å². The highest BCUT2D eigenvalue weighted by Gasteiger charge is 2.06. The van der Waals surface area contributed by atoms with Crippen molar-refractivity contribution in [1.29, 1.82) is 0 Å². The number of rotatable bonds is 1. The predicted molar refractivity (Wildman–Crippen MR) is 61.0 cm³/mol. The van der Waals surface area contributed by atoms with Crippen LogP contribution in [0, 0.1) is 0 Å². The quantitative estimate of drug-likeness (QED) is 0.633. The first-order chi connectivity index (χ1) is 7.70. The van der Waals surface area contributed by atoms with E-state index in [4.69, 9.17) is 0 Å². The van der Waals surface area contributed by atoms with Gasteiger partial charge in [-0.05, 0) is 11.1 Å². The Hall–Kier alpha value is -1.71. The summed E-state index contributed by atoms with van der Waals surface area (Å²) in [4.78, 5) is 0. The van der Waals surface area contributed by atoms with Crippen LogP contribution in [0.4, 0.5) is 12.9 Å². The summed E-state index contributed by atoms with van der Waals surface area (Å²) in [5.41, 5.74) is 2.55. The summed E-state index contributed by atoms with van der Waals surface area (Å²) in [5.74, 6) is 0. The van der Waals surface area contributed by atoms with Crippen LogP contribution in [0.3, 0.4) is 0 Å². The van der Waals surface area contributed by atoms with Crippen LogP contribution in [0.25, 0.3) is 11.1 Å². The third-order valence-corrected chi connectivity index (χ3v) is 1.88. The van der Waals surface area contributed by atoms with Crippen LogP contribution in [-0.2, 0) is 0 Å².